The molecule has 27 heavy (non-hydrogen) atoms. The van der Waals surface area contributed by atoms with Crippen LogP contribution in [0.2, 0.25) is 0 Å². The van der Waals surface area contributed by atoms with E-state index in [9.17, 15) is 35.1 Å². The van der Waals surface area contributed by atoms with Crippen LogP contribution in [0.1, 0.15) is 25.3 Å². The molecule has 0 amide bonds. The summed E-state index contributed by atoms with van der Waals surface area (Å²) in [5.41, 5.74) is -7.24. The Kier molecular flexibility index (Phi) is 6.04. The lowest BCUT2D eigenvalue weighted by Gasteiger charge is -2.37. The summed E-state index contributed by atoms with van der Waals surface area (Å²) in [6.07, 6.45) is -9.54. The molecule has 0 heterocycles. The molecule has 0 aromatic heterocycles. The molecule has 1 unspecified atom stereocenters. The molecule has 0 bridgehead atoms. The molecule has 1 radical (unpaired) electrons. The first kappa shape index (κ1) is 22.2. The van der Waals surface area contributed by atoms with Gasteiger partial charge in [-0.25, -0.2) is 8.78 Å². The number of halogens is 9. The Morgan fingerprint density at radius 2 is 1.52 bits per heavy atom. The molecule has 1 aliphatic carbocycles. The fourth-order valence-electron chi connectivity index (χ4n) is 2.87. The van der Waals surface area contributed by atoms with Crippen LogP contribution in [0, 0.1) is 12.2 Å². The minimum absolute atomic E-state index is 0.0724. The van der Waals surface area contributed by atoms with Crippen LogP contribution >= 0.6 is 22.6 Å². The summed E-state index contributed by atoms with van der Waals surface area (Å²) >= 11 is 1.53. The van der Waals surface area contributed by atoms with Crippen molar-refractivity contribution in [2.45, 2.75) is 41.2 Å². The van der Waals surface area contributed by atoms with E-state index >= 15 is 0 Å². The molecule has 1 aromatic rings. The van der Waals surface area contributed by atoms with Gasteiger partial charge in [0.25, 0.3) is 0 Å². The minimum Gasteiger partial charge on any atom is -0.218 e. The van der Waals surface area contributed by atoms with Crippen LogP contribution in [0.25, 0.3) is 0 Å². The van der Waals surface area contributed by atoms with E-state index in [2.05, 4.69) is 0 Å². The molecule has 9 heteroatoms. The summed E-state index contributed by atoms with van der Waals surface area (Å²) in [5, 5.41) is 0. The summed E-state index contributed by atoms with van der Waals surface area (Å²) in [6, 6.07) is 5.00. The van der Waals surface area contributed by atoms with E-state index in [0.717, 1.165) is 6.07 Å². The Balaban J connectivity index is 2.74. The maximum absolute atomic E-state index is 14.6. The fraction of sp³-hybridized carbons (Fsp3) is 0.389. The molecular formula is C18H14F8I. The summed E-state index contributed by atoms with van der Waals surface area (Å²) < 4.78 is 106. The van der Waals surface area contributed by atoms with Crippen molar-refractivity contribution in [1.29, 1.82) is 0 Å². The maximum atomic E-state index is 14.6. The van der Waals surface area contributed by atoms with Crippen LogP contribution in [-0.4, -0.2) is 18.0 Å². The van der Waals surface area contributed by atoms with Gasteiger partial charge >= 0.3 is 18.0 Å². The van der Waals surface area contributed by atoms with Crippen LogP contribution in [0.3, 0.4) is 0 Å². The van der Waals surface area contributed by atoms with Crippen molar-refractivity contribution in [2.24, 2.45) is 0 Å². The highest BCUT2D eigenvalue weighted by Gasteiger charge is 2.74. The van der Waals surface area contributed by atoms with Crippen molar-refractivity contribution in [3.8, 4) is 0 Å². The van der Waals surface area contributed by atoms with Crippen molar-refractivity contribution in [3.63, 3.8) is 0 Å². The van der Waals surface area contributed by atoms with Gasteiger partial charge in [0.1, 0.15) is 5.82 Å². The number of allylic oxidation sites excluding steroid dienone is 4. The molecule has 1 aliphatic rings. The van der Waals surface area contributed by atoms with Gasteiger partial charge < -0.3 is 0 Å². The van der Waals surface area contributed by atoms with E-state index < -0.39 is 32.8 Å². The second-order valence-electron chi connectivity index (χ2n) is 6.12. The highest BCUT2D eigenvalue weighted by atomic mass is 127. The zero-order chi connectivity index (χ0) is 20.7. The van der Waals surface area contributed by atoms with E-state index in [0.29, 0.717) is 18.6 Å². The molecule has 2 rings (SSSR count). The average molecular weight is 509 g/mol. The van der Waals surface area contributed by atoms with Gasteiger partial charge in [0.05, 0.1) is 3.42 Å². The second-order valence-corrected chi connectivity index (χ2v) is 7.90. The second kappa shape index (κ2) is 7.36. The zero-order valence-electron chi connectivity index (χ0n) is 13.9. The van der Waals surface area contributed by atoms with E-state index in [-0.39, 0.29) is 17.6 Å². The molecule has 1 atom stereocenters. The third kappa shape index (κ3) is 4.02. The fourth-order valence-corrected chi connectivity index (χ4v) is 4.04. The SMILES string of the molecule is CCCC1=CC(C(F)(C(F)(F)F)C(F)(F)F)=CC(I)(c2ccccc2F)[CH]1. The van der Waals surface area contributed by atoms with Gasteiger partial charge in [-0.15, -0.1) is 0 Å². The number of rotatable bonds is 4. The molecule has 149 valence electrons. The standard InChI is InChI=1S/C18H14F8I/c1-2-5-11-8-12(16(20,17(21,22)23)18(24,25)26)10-15(27,9-11)13-6-3-4-7-14(13)19/h3-4,6-10H,2,5H2,1H3. The van der Waals surface area contributed by atoms with Crippen molar-refractivity contribution in [3.05, 3.63) is 65.4 Å². The summed E-state index contributed by atoms with van der Waals surface area (Å²) in [6.45, 7) is 1.67. The predicted octanol–water partition coefficient (Wildman–Crippen LogP) is 7.16. The normalized spacial score (nSPS) is 21.7. The Hall–Kier alpha value is -1.13. The van der Waals surface area contributed by atoms with Crippen LogP contribution < -0.4 is 0 Å². The van der Waals surface area contributed by atoms with Gasteiger partial charge in [-0.05, 0) is 12.5 Å². The van der Waals surface area contributed by atoms with Gasteiger partial charge in [0.15, 0.2) is 0 Å². The summed E-state index contributed by atoms with van der Waals surface area (Å²) in [7, 11) is 0. The predicted molar refractivity (Wildman–Crippen MR) is 93.4 cm³/mol. The Labute approximate surface area is 164 Å². The third-order valence-corrected chi connectivity index (χ3v) is 5.31. The summed E-state index contributed by atoms with van der Waals surface area (Å²) in [5.74, 6) is -0.819. The lowest BCUT2D eigenvalue weighted by atomic mass is 9.79. The molecule has 0 aliphatic heterocycles. The highest BCUT2D eigenvalue weighted by molar-refractivity contribution is 14.1. The Bertz CT molecular complexity index is 745. The molecule has 1 aromatic carbocycles. The number of hydrogen-bond donors (Lipinski definition) is 0. The minimum atomic E-state index is -6.23. The van der Waals surface area contributed by atoms with E-state index in [4.69, 9.17) is 0 Å². The monoisotopic (exact) mass is 509 g/mol. The average Bonchev–Trinajstić information content (AvgIpc) is 2.52. The zero-order valence-corrected chi connectivity index (χ0v) is 16.0. The Morgan fingerprint density at radius 3 is 2.00 bits per heavy atom. The molecule has 0 N–H and O–H groups in total. The van der Waals surface area contributed by atoms with Gasteiger partial charge in [-0.1, -0.05) is 71.9 Å². The third-order valence-electron chi connectivity index (χ3n) is 4.11. The molecule has 0 spiro atoms. The highest BCUT2D eigenvalue weighted by Crippen LogP contribution is 2.55. The first-order valence-corrected chi connectivity index (χ1v) is 8.90. The van der Waals surface area contributed by atoms with E-state index in [1.165, 1.54) is 47.2 Å². The lowest BCUT2D eigenvalue weighted by Crippen LogP contribution is -2.55. The quantitative estimate of drug-likeness (QED) is 0.230. The molecule has 0 fully saturated rings. The van der Waals surface area contributed by atoms with Crippen LogP contribution in [0.5, 0.6) is 0 Å². The smallest absolute Gasteiger partial charge is 0.218 e. The molecule has 0 saturated carbocycles. The van der Waals surface area contributed by atoms with Crippen LogP contribution in [0.15, 0.2) is 47.6 Å². The molecule has 0 saturated heterocycles. The Morgan fingerprint density at radius 1 is 0.963 bits per heavy atom. The largest absolute Gasteiger partial charge is 0.435 e. The molecule has 0 nitrogen and oxygen atoms in total. The van der Waals surface area contributed by atoms with Crippen LogP contribution in [-0.2, 0) is 3.42 Å². The number of benzene rings is 1. The maximum Gasteiger partial charge on any atom is 0.435 e. The number of hydrogen-bond acceptors (Lipinski definition) is 0. The van der Waals surface area contributed by atoms with E-state index in [1.807, 2.05) is 0 Å². The van der Waals surface area contributed by atoms with Crippen LogP contribution in [0.4, 0.5) is 35.1 Å². The molecular weight excluding hydrogens is 495 g/mol. The van der Waals surface area contributed by atoms with Crippen molar-refractivity contribution in [2.75, 3.05) is 0 Å². The van der Waals surface area contributed by atoms with Gasteiger partial charge in [0.2, 0.25) is 0 Å². The first-order chi connectivity index (χ1) is 12.3. The van der Waals surface area contributed by atoms with E-state index in [1.54, 1.807) is 6.92 Å². The van der Waals surface area contributed by atoms with Crippen molar-refractivity contribution < 1.29 is 35.1 Å². The number of alkyl halides is 8. The summed E-state index contributed by atoms with van der Waals surface area (Å²) in [4.78, 5) is 0. The van der Waals surface area contributed by atoms with Crippen molar-refractivity contribution >= 4 is 22.6 Å². The van der Waals surface area contributed by atoms with Gasteiger partial charge in [-0.2, -0.15) is 26.3 Å². The lowest BCUT2D eigenvalue weighted by molar-refractivity contribution is -0.325. The van der Waals surface area contributed by atoms with Crippen molar-refractivity contribution in [1.82, 2.24) is 0 Å². The topological polar surface area (TPSA) is 0 Å². The first-order valence-electron chi connectivity index (χ1n) is 7.82. The van der Waals surface area contributed by atoms with Gasteiger partial charge in [-0.3, -0.25) is 0 Å². The van der Waals surface area contributed by atoms with Gasteiger partial charge in [0, 0.05) is 17.6 Å².